The van der Waals surface area contributed by atoms with E-state index in [1.807, 2.05) is 0 Å². The van der Waals surface area contributed by atoms with Crippen LogP contribution in [0.4, 0.5) is 0 Å². The highest BCUT2D eigenvalue weighted by Gasteiger charge is 2.28. The van der Waals surface area contributed by atoms with Crippen LogP contribution in [-0.2, 0) is 4.74 Å². The molecule has 150 valence electrons. The first-order valence-corrected chi connectivity index (χ1v) is 9.95. The van der Waals surface area contributed by atoms with Gasteiger partial charge in [0.25, 0.3) is 0 Å². The molecule has 3 N–H and O–H groups in total. The summed E-state index contributed by atoms with van der Waals surface area (Å²) in [6.45, 7) is 9.02. The Hall–Kier alpha value is -0.420. The van der Waals surface area contributed by atoms with Crippen molar-refractivity contribution >= 4 is 0 Å². The van der Waals surface area contributed by atoms with E-state index >= 15 is 0 Å². The van der Waals surface area contributed by atoms with Crippen molar-refractivity contribution in [3.63, 3.8) is 0 Å². The van der Waals surface area contributed by atoms with Gasteiger partial charge in [0.15, 0.2) is 0 Å². The van der Waals surface area contributed by atoms with E-state index in [1.54, 1.807) is 0 Å². The van der Waals surface area contributed by atoms with Gasteiger partial charge in [0.1, 0.15) is 0 Å². The van der Waals surface area contributed by atoms with Gasteiger partial charge in [-0.05, 0) is 38.0 Å². The summed E-state index contributed by atoms with van der Waals surface area (Å²) in [5.74, 6) is 1.63. The maximum Gasteiger partial charge on any atom is 0.0629 e. The summed E-state index contributed by atoms with van der Waals surface area (Å²) in [5, 5.41) is 27.7. The maximum absolute atomic E-state index is 9.23. The van der Waals surface area contributed by atoms with Crippen LogP contribution in [0.1, 0.15) is 72.6 Å². The van der Waals surface area contributed by atoms with Crippen LogP contribution in [0.15, 0.2) is 11.6 Å². The van der Waals surface area contributed by atoms with E-state index in [1.165, 1.54) is 37.7 Å². The lowest BCUT2D eigenvalue weighted by Crippen LogP contribution is -2.38. The molecular weight excluding hydrogens is 316 g/mol. The molecule has 0 amide bonds. The Morgan fingerprint density at radius 1 is 0.960 bits per heavy atom. The zero-order chi connectivity index (χ0) is 19.1. The van der Waals surface area contributed by atoms with Crippen molar-refractivity contribution in [2.75, 3.05) is 33.0 Å². The van der Waals surface area contributed by atoms with Crippen LogP contribution in [0.2, 0.25) is 0 Å². The monoisotopic (exact) mass is 358 g/mol. The number of rotatable bonds is 16. The van der Waals surface area contributed by atoms with Gasteiger partial charge < -0.3 is 20.1 Å². The molecule has 0 bridgehead atoms. The van der Waals surface area contributed by atoms with Crippen LogP contribution in [0, 0.1) is 17.3 Å². The number of aliphatic hydroxyl groups excluding tert-OH is 3. The molecule has 0 radical (unpaired) electrons. The predicted molar refractivity (Wildman–Crippen MR) is 105 cm³/mol. The second-order valence-electron chi connectivity index (χ2n) is 8.19. The van der Waals surface area contributed by atoms with Gasteiger partial charge in [-0.2, -0.15) is 0 Å². The highest BCUT2D eigenvalue weighted by molar-refractivity contribution is 4.97. The fraction of sp³-hybridized carbons (Fsp3) is 0.905. The molecule has 0 aromatic heterocycles. The van der Waals surface area contributed by atoms with Gasteiger partial charge in [0.2, 0.25) is 0 Å². The van der Waals surface area contributed by atoms with Crippen LogP contribution in [0.5, 0.6) is 0 Å². The molecule has 4 heteroatoms. The van der Waals surface area contributed by atoms with Crippen molar-refractivity contribution in [3.05, 3.63) is 11.6 Å². The van der Waals surface area contributed by atoms with Crippen LogP contribution in [0.25, 0.3) is 0 Å². The zero-order valence-corrected chi connectivity index (χ0v) is 17.0. The average molecular weight is 359 g/mol. The molecule has 0 aliphatic carbocycles. The van der Waals surface area contributed by atoms with Gasteiger partial charge in [0.05, 0.1) is 38.4 Å². The molecule has 0 fully saturated rings. The SMILES string of the molecule is C/C(=C\CCOCC(CO)(CO)CO)CCCC(C)CCCC(C)C. The Kier molecular flexibility index (Phi) is 14.5. The number of ether oxygens (including phenoxy) is 1. The molecule has 0 saturated carbocycles. The fourth-order valence-electron chi connectivity index (χ4n) is 2.81. The molecule has 0 aromatic rings. The Balaban J connectivity index is 3.78. The van der Waals surface area contributed by atoms with Gasteiger partial charge in [-0.15, -0.1) is 0 Å². The Morgan fingerprint density at radius 3 is 2.12 bits per heavy atom. The Labute approximate surface area is 155 Å². The summed E-state index contributed by atoms with van der Waals surface area (Å²) in [7, 11) is 0. The Bertz CT molecular complexity index is 327. The molecule has 0 spiro atoms. The molecule has 0 aliphatic rings. The van der Waals surface area contributed by atoms with Gasteiger partial charge >= 0.3 is 0 Å². The summed E-state index contributed by atoms with van der Waals surface area (Å²) in [4.78, 5) is 0. The van der Waals surface area contributed by atoms with E-state index in [0.29, 0.717) is 6.61 Å². The first-order valence-electron chi connectivity index (χ1n) is 9.95. The van der Waals surface area contributed by atoms with Crippen LogP contribution < -0.4 is 0 Å². The lowest BCUT2D eigenvalue weighted by atomic mass is 9.93. The molecule has 4 nitrogen and oxygen atoms in total. The summed E-state index contributed by atoms with van der Waals surface area (Å²) < 4.78 is 5.50. The molecule has 0 aromatic carbocycles. The minimum absolute atomic E-state index is 0.178. The van der Waals surface area contributed by atoms with E-state index < -0.39 is 5.41 Å². The van der Waals surface area contributed by atoms with Crippen molar-refractivity contribution in [2.24, 2.45) is 17.3 Å². The molecule has 25 heavy (non-hydrogen) atoms. The van der Waals surface area contributed by atoms with Gasteiger partial charge in [0, 0.05) is 0 Å². The molecule has 0 aliphatic heterocycles. The third-order valence-electron chi connectivity index (χ3n) is 4.92. The summed E-state index contributed by atoms with van der Waals surface area (Å²) >= 11 is 0. The molecule has 1 atom stereocenters. The van der Waals surface area contributed by atoms with Gasteiger partial charge in [-0.25, -0.2) is 0 Å². The first kappa shape index (κ1) is 24.6. The van der Waals surface area contributed by atoms with Crippen LogP contribution >= 0.6 is 0 Å². The van der Waals surface area contributed by atoms with E-state index in [-0.39, 0.29) is 26.4 Å². The smallest absolute Gasteiger partial charge is 0.0629 e. The van der Waals surface area contributed by atoms with E-state index in [0.717, 1.165) is 24.7 Å². The number of allylic oxidation sites excluding steroid dienone is 1. The third kappa shape index (κ3) is 12.6. The minimum atomic E-state index is -0.926. The van der Waals surface area contributed by atoms with E-state index in [2.05, 4.69) is 33.8 Å². The molecular formula is C21H42O4. The number of aliphatic hydroxyl groups is 3. The first-order chi connectivity index (χ1) is 11.9. The quantitative estimate of drug-likeness (QED) is 0.289. The molecule has 0 rings (SSSR count). The van der Waals surface area contributed by atoms with Crippen molar-refractivity contribution < 1.29 is 20.1 Å². The highest BCUT2D eigenvalue weighted by Crippen LogP contribution is 2.19. The fourth-order valence-corrected chi connectivity index (χ4v) is 2.81. The lowest BCUT2D eigenvalue weighted by Gasteiger charge is -2.26. The zero-order valence-electron chi connectivity index (χ0n) is 17.0. The van der Waals surface area contributed by atoms with Gasteiger partial charge in [-0.1, -0.05) is 58.1 Å². The maximum atomic E-state index is 9.23. The second-order valence-corrected chi connectivity index (χ2v) is 8.19. The van der Waals surface area contributed by atoms with Crippen molar-refractivity contribution in [2.45, 2.75) is 72.6 Å². The van der Waals surface area contributed by atoms with Crippen molar-refractivity contribution in [1.82, 2.24) is 0 Å². The third-order valence-corrected chi connectivity index (χ3v) is 4.92. The highest BCUT2D eigenvalue weighted by atomic mass is 16.5. The number of hydrogen-bond donors (Lipinski definition) is 3. The summed E-state index contributed by atoms with van der Waals surface area (Å²) in [5.41, 5.74) is 0.473. The lowest BCUT2D eigenvalue weighted by molar-refractivity contribution is -0.0568. The normalized spacial score (nSPS) is 14.3. The van der Waals surface area contributed by atoms with Crippen molar-refractivity contribution in [3.8, 4) is 0 Å². The van der Waals surface area contributed by atoms with Crippen molar-refractivity contribution in [1.29, 1.82) is 0 Å². The largest absolute Gasteiger partial charge is 0.396 e. The van der Waals surface area contributed by atoms with E-state index in [9.17, 15) is 15.3 Å². The topological polar surface area (TPSA) is 69.9 Å². The second kappa shape index (κ2) is 14.7. The number of hydrogen-bond acceptors (Lipinski definition) is 4. The van der Waals surface area contributed by atoms with Crippen LogP contribution in [-0.4, -0.2) is 48.4 Å². The standard InChI is InChI=1S/C21H42O4/c1-18(2)8-5-9-19(3)10-6-11-20(4)12-7-13-25-17-21(14-22,15-23)16-24/h12,18-19,22-24H,5-11,13-17H2,1-4H3/b20-12+. The van der Waals surface area contributed by atoms with Crippen LogP contribution in [0.3, 0.4) is 0 Å². The van der Waals surface area contributed by atoms with E-state index in [4.69, 9.17) is 4.74 Å². The molecule has 1 unspecified atom stereocenters. The average Bonchev–Trinajstić information content (AvgIpc) is 2.58. The summed E-state index contributed by atoms with van der Waals surface area (Å²) in [6, 6.07) is 0. The molecule has 0 heterocycles. The minimum Gasteiger partial charge on any atom is -0.396 e. The Morgan fingerprint density at radius 2 is 1.56 bits per heavy atom. The summed E-state index contributed by atoms with van der Waals surface area (Å²) in [6.07, 6.45) is 10.8. The van der Waals surface area contributed by atoms with Gasteiger partial charge in [-0.3, -0.25) is 0 Å². The molecule has 0 saturated heterocycles. The predicted octanol–water partition coefficient (Wildman–Crippen LogP) is 3.94.